The van der Waals surface area contributed by atoms with Crippen LogP contribution in [0.1, 0.15) is 50.7 Å². The van der Waals surface area contributed by atoms with Gasteiger partial charge < -0.3 is 10.6 Å². The second-order valence-corrected chi connectivity index (χ2v) is 8.09. The molecule has 2 aliphatic rings. The van der Waals surface area contributed by atoms with Gasteiger partial charge in [0.2, 0.25) is 5.91 Å². The van der Waals surface area contributed by atoms with Gasteiger partial charge in [0.05, 0.1) is 11.0 Å². The average molecular weight is 380 g/mol. The van der Waals surface area contributed by atoms with Crippen LogP contribution < -0.4 is 5.73 Å². The topological polar surface area (TPSA) is 46.3 Å². The molecule has 3 nitrogen and oxygen atoms in total. The van der Waals surface area contributed by atoms with E-state index in [1.54, 1.807) is 17.0 Å². The van der Waals surface area contributed by atoms with Crippen molar-refractivity contribution in [2.24, 2.45) is 17.1 Å². The lowest BCUT2D eigenvalue weighted by molar-refractivity contribution is -0.144. The highest BCUT2D eigenvalue weighted by Gasteiger charge is 2.48. The molecular formula is C21H27F3N2O. The molecule has 1 heterocycles. The Morgan fingerprint density at radius 1 is 1.30 bits per heavy atom. The van der Waals surface area contributed by atoms with Gasteiger partial charge in [0.25, 0.3) is 0 Å². The second kappa shape index (κ2) is 7.30. The summed E-state index contributed by atoms with van der Waals surface area (Å²) in [5.41, 5.74) is 5.91. The molecule has 1 saturated carbocycles. The van der Waals surface area contributed by atoms with E-state index >= 15 is 0 Å². The van der Waals surface area contributed by atoms with Crippen LogP contribution in [0.5, 0.6) is 0 Å². The van der Waals surface area contributed by atoms with Crippen LogP contribution in [0.2, 0.25) is 0 Å². The minimum Gasteiger partial charge on any atom is -0.338 e. The summed E-state index contributed by atoms with van der Waals surface area (Å²) < 4.78 is 39.9. The second-order valence-electron chi connectivity index (χ2n) is 8.09. The first-order chi connectivity index (χ1) is 12.6. The van der Waals surface area contributed by atoms with Gasteiger partial charge in [0, 0.05) is 19.1 Å². The van der Waals surface area contributed by atoms with Crippen LogP contribution in [0.4, 0.5) is 13.2 Å². The SMILES string of the molecule is CC(C)[C@]1(C(=O)N2CC=C(c3ccccc3C(F)(F)F)CC2)CCC(N)C1. The lowest BCUT2D eigenvalue weighted by Gasteiger charge is -2.39. The molecule has 3 rings (SSSR count). The van der Waals surface area contributed by atoms with Crippen LogP contribution in [0.25, 0.3) is 5.57 Å². The van der Waals surface area contributed by atoms with Crippen LogP contribution >= 0.6 is 0 Å². The van der Waals surface area contributed by atoms with Crippen LogP contribution in [-0.4, -0.2) is 29.9 Å². The highest BCUT2D eigenvalue weighted by atomic mass is 19.4. The van der Waals surface area contributed by atoms with Gasteiger partial charge in [-0.05, 0) is 48.8 Å². The summed E-state index contributed by atoms with van der Waals surface area (Å²) in [7, 11) is 0. The Labute approximate surface area is 158 Å². The first-order valence-corrected chi connectivity index (χ1v) is 9.56. The van der Waals surface area contributed by atoms with E-state index in [1.165, 1.54) is 12.1 Å². The number of halogens is 3. The first-order valence-electron chi connectivity index (χ1n) is 9.56. The lowest BCUT2D eigenvalue weighted by atomic mass is 9.74. The summed E-state index contributed by atoms with van der Waals surface area (Å²) in [4.78, 5) is 15.0. The largest absolute Gasteiger partial charge is 0.416 e. The normalized spacial score (nSPS) is 26.4. The molecule has 0 spiro atoms. The Kier molecular flexibility index (Phi) is 5.39. The summed E-state index contributed by atoms with van der Waals surface area (Å²) >= 11 is 0. The summed E-state index contributed by atoms with van der Waals surface area (Å²) in [6, 6.07) is 5.70. The van der Waals surface area contributed by atoms with Crippen molar-refractivity contribution in [2.75, 3.05) is 13.1 Å². The van der Waals surface area contributed by atoms with Gasteiger partial charge in [-0.3, -0.25) is 4.79 Å². The van der Waals surface area contributed by atoms with Gasteiger partial charge in [-0.15, -0.1) is 0 Å². The molecule has 0 radical (unpaired) electrons. The third-order valence-electron chi connectivity index (χ3n) is 6.19. The van der Waals surface area contributed by atoms with Crippen molar-refractivity contribution < 1.29 is 18.0 Å². The number of carbonyl (C=O) groups excluding carboxylic acids is 1. The molecule has 0 aromatic heterocycles. The third-order valence-corrected chi connectivity index (χ3v) is 6.19. The zero-order valence-corrected chi connectivity index (χ0v) is 15.9. The quantitative estimate of drug-likeness (QED) is 0.841. The zero-order valence-electron chi connectivity index (χ0n) is 15.9. The molecule has 6 heteroatoms. The van der Waals surface area contributed by atoms with Gasteiger partial charge in [-0.1, -0.05) is 38.1 Å². The van der Waals surface area contributed by atoms with E-state index < -0.39 is 17.2 Å². The number of nitrogens with zero attached hydrogens (tertiary/aromatic N) is 1. The number of amides is 1. The Morgan fingerprint density at radius 2 is 2.00 bits per heavy atom. The van der Waals surface area contributed by atoms with E-state index in [0.29, 0.717) is 31.5 Å². The molecule has 1 aromatic carbocycles. The van der Waals surface area contributed by atoms with E-state index in [0.717, 1.165) is 18.9 Å². The number of rotatable bonds is 3. The summed E-state index contributed by atoms with van der Waals surface area (Å²) in [6.07, 6.45) is 0.139. The van der Waals surface area contributed by atoms with E-state index in [1.807, 2.05) is 0 Å². The first kappa shape index (κ1) is 19.9. The number of hydrogen-bond donors (Lipinski definition) is 1. The maximum absolute atomic E-state index is 13.3. The van der Waals surface area contributed by atoms with E-state index in [-0.39, 0.29) is 23.4 Å². The minimum atomic E-state index is -4.38. The summed E-state index contributed by atoms with van der Waals surface area (Å²) in [5, 5.41) is 0. The molecule has 1 fully saturated rings. The fourth-order valence-corrected chi connectivity index (χ4v) is 4.50. The molecule has 0 bridgehead atoms. The van der Waals surface area contributed by atoms with Crippen molar-refractivity contribution in [3.63, 3.8) is 0 Å². The van der Waals surface area contributed by atoms with Crippen molar-refractivity contribution in [1.29, 1.82) is 0 Å². The predicted molar refractivity (Wildman–Crippen MR) is 99.7 cm³/mol. The average Bonchev–Trinajstić information content (AvgIpc) is 3.04. The highest BCUT2D eigenvalue weighted by Crippen LogP contribution is 2.46. The predicted octanol–water partition coefficient (Wildman–Crippen LogP) is 4.47. The van der Waals surface area contributed by atoms with E-state index in [2.05, 4.69) is 13.8 Å². The van der Waals surface area contributed by atoms with Crippen LogP contribution in [0.3, 0.4) is 0 Å². The number of alkyl halides is 3. The zero-order chi connectivity index (χ0) is 19.8. The molecular weight excluding hydrogens is 353 g/mol. The number of carbonyl (C=O) groups is 1. The lowest BCUT2D eigenvalue weighted by Crippen LogP contribution is -2.47. The maximum Gasteiger partial charge on any atom is 0.416 e. The smallest absolute Gasteiger partial charge is 0.338 e. The van der Waals surface area contributed by atoms with Gasteiger partial charge >= 0.3 is 6.18 Å². The summed E-state index contributed by atoms with van der Waals surface area (Å²) in [5.74, 6) is 0.291. The monoisotopic (exact) mass is 380 g/mol. The highest BCUT2D eigenvalue weighted by molar-refractivity contribution is 5.85. The Balaban J connectivity index is 1.81. The van der Waals surface area contributed by atoms with Gasteiger partial charge in [-0.25, -0.2) is 0 Å². The summed E-state index contributed by atoms with van der Waals surface area (Å²) in [6.45, 7) is 4.91. The molecule has 1 aliphatic heterocycles. The molecule has 2 atom stereocenters. The van der Waals surface area contributed by atoms with E-state index in [4.69, 9.17) is 5.73 Å². The van der Waals surface area contributed by atoms with Gasteiger partial charge in [0.1, 0.15) is 0 Å². The molecule has 1 aromatic rings. The van der Waals surface area contributed by atoms with Crippen LogP contribution in [0.15, 0.2) is 30.3 Å². The van der Waals surface area contributed by atoms with E-state index in [9.17, 15) is 18.0 Å². The fourth-order valence-electron chi connectivity index (χ4n) is 4.50. The number of nitrogens with two attached hydrogens (primary N) is 1. The van der Waals surface area contributed by atoms with Gasteiger partial charge in [-0.2, -0.15) is 13.2 Å². The Bertz CT molecular complexity index is 741. The van der Waals surface area contributed by atoms with Crippen LogP contribution in [-0.2, 0) is 11.0 Å². The van der Waals surface area contributed by atoms with Crippen molar-refractivity contribution in [3.05, 3.63) is 41.5 Å². The Morgan fingerprint density at radius 3 is 2.52 bits per heavy atom. The third kappa shape index (κ3) is 3.77. The number of benzene rings is 1. The Hall–Kier alpha value is -1.82. The molecule has 1 aliphatic carbocycles. The molecule has 0 saturated heterocycles. The van der Waals surface area contributed by atoms with Crippen LogP contribution in [0, 0.1) is 11.3 Å². The number of hydrogen-bond acceptors (Lipinski definition) is 2. The maximum atomic E-state index is 13.3. The minimum absolute atomic E-state index is 0.0471. The molecule has 1 amide bonds. The van der Waals surface area contributed by atoms with Crippen molar-refractivity contribution in [1.82, 2.24) is 4.90 Å². The molecule has 1 unspecified atom stereocenters. The van der Waals surface area contributed by atoms with Crippen molar-refractivity contribution in [3.8, 4) is 0 Å². The van der Waals surface area contributed by atoms with Crippen molar-refractivity contribution >= 4 is 11.5 Å². The standard InChI is InChI=1S/C21H27F3N2O/c1-14(2)20(10-7-16(25)13-20)19(27)26-11-8-15(9-12-26)17-5-3-4-6-18(17)21(22,23)24/h3-6,8,14,16H,7,9-13,25H2,1-2H3/t16?,20-/m0/s1. The fraction of sp³-hybridized carbons (Fsp3) is 0.571. The van der Waals surface area contributed by atoms with Gasteiger partial charge in [0.15, 0.2) is 0 Å². The molecule has 27 heavy (non-hydrogen) atoms. The van der Waals surface area contributed by atoms with Crippen molar-refractivity contribution in [2.45, 2.75) is 51.7 Å². The molecule has 2 N–H and O–H groups in total. The molecule has 148 valence electrons.